The molecule has 0 bridgehead atoms. The molecule has 0 aliphatic rings. The zero-order valence-electron chi connectivity index (χ0n) is 22.1. The fourth-order valence-corrected chi connectivity index (χ4v) is 5.59. The summed E-state index contributed by atoms with van der Waals surface area (Å²) in [6, 6.07) is 21.8. The maximum absolute atomic E-state index is 13.9. The highest BCUT2D eigenvalue weighted by atomic mass is 127. The summed E-state index contributed by atoms with van der Waals surface area (Å²) in [5.41, 5.74) is 2.29. The Morgan fingerprint density at radius 1 is 0.921 bits per heavy atom. The number of aryl methyl sites for hydroxylation is 1. The van der Waals surface area contributed by atoms with Gasteiger partial charge in [-0.05, 0) is 91.7 Å². The molecule has 3 rings (SSSR count). The first kappa shape index (κ1) is 29.6. The van der Waals surface area contributed by atoms with Gasteiger partial charge in [-0.3, -0.25) is 13.9 Å². The molecule has 9 heteroatoms. The van der Waals surface area contributed by atoms with Crippen molar-refractivity contribution in [2.45, 2.75) is 57.6 Å². The Labute approximate surface area is 239 Å². The standard InChI is InChI=1S/C29H34IN3O4S/c1-5-22(3)31-29(35)23(4)32(19-24-13-11-21(2)12-14-24)28(34)20-33(26-17-15-25(30)16-18-26)38(36,37)27-9-7-6-8-10-27/h6-18,22-23H,5,19-20H2,1-4H3,(H,31,35)/t22-,23-/m0/s1. The number of carbonyl (C=O) groups is 2. The second-order valence-electron chi connectivity index (χ2n) is 9.30. The van der Waals surface area contributed by atoms with E-state index in [2.05, 4.69) is 27.9 Å². The molecule has 3 aromatic carbocycles. The molecule has 0 radical (unpaired) electrons. The highest BCUT2D eigenvalue weighted by Gasteiger charge is 2.32. The zero-order chi connectivity index (χ0) is 27.9. The number of hydrogen-bond acceptors (Lipinski definition) is 4. The molecule has 0 saturated carbocycles. The molecule has 0 saturated heterocycles. The predicted octanol–water partition coefficient (Wildman–Crippen LogP) is 5.13. The molecule has 202 valence electrons. The third kappa shape index (κ3) is 7.57. The van der Waals surface area contributed by atoms with Crippen LogP contribution in [-0.2, 0) is 26.2 Å². The average molecular weight is 648 g/mol. The minimum absolute atomic E-state index is 0.0528. The van der Waals surface area contributed by atoms with Crippen LogP contribution in [0.4, 0.5) is 5.69 Å². The minimum atomic E-state index is -4.06. The van der Waals surface area contributed by atoms with Crippen LogP contribution < -0.4 is 9.62 Å². The van der Waals surface area contributed by atoms with Gasteiger partial charge in [-0.1, -0.05) is 55.0 Å². The molecule has 1 N–H and O–H groups in total. The van der Waals surface area contributed by atoms with E-state index in [4.69, 9.17) is 0 Å². The lowest BCUT2D eigenvalue weighted by Gasteiger charge is -2.32. The van der Waals surface area contributed by atoms with Crippen LogP contribution in [0.1, 0.15) is 38.3 Å². The summed E-state index contributed by atoms with van der Waals surface area (Å²) >= 11 is 2.14. The molecule has 2 atom stereocenters. The number of benzene rings is 3. The predicted molar refractivity (Wildman–Crippen MR) is 159 cm³/mol. The van der Waals surface area contributed by atoms with Crippen LogP contribution in [0.25, 0.3) is 0 Å². The molecule has 0 aliphatic carbocycles. The van der Waals surface area contributed by atoms with Gasteiger partial charge in [0.2, 0.25) is 11.8 Å². The van der Waals surface area contributed by atoms with Crippen molar-refractivity contribution in [3.05, 3.63) is 93.6 Å². The first-order chi connectivity index (χ1) is 18.0. The molecule has 38 heavy (non-hydrogen) atoms. The lowest BCUT2D eigenvalue weighted by Crippen LogP contribution is -2.52. The number of halogens is 1. The molecule has 2 amide bonds. The van der Waals surface area contributed by atoms with Crippen LogP contribution in [0.5, 0.6) is 0 Å². The van der Waals surface area contributed by atoms with Crippen molar-refractivity contribution in [2.24, 2.45) is 0 Å². The minimum Gasteiger partial charge on any atom is -0.352 e. The zero-order valence-corrected chi connectivity index (χ0v) is 25.1. The third-order valence-electron chi connectivity index (χ3n) is 6.37. The molecule has 0 unspecified atom stereocenters. The van der Waals surface area contributed by atoms with Gasteiger partial charge in [0.25, 0.3) is 10.0 Å². The van der Waals surface area contributed by atoms with Crippen LogP contribution in [0.2, 0.25) is 0 Å². The Kier molecular flexibility index (Phi) is 10.3. The summed E-state index contributed by atoms with van der Waals surface area (Å²) in [5, 5.41) is 2.94. The Balaban J connectivity index is 2.00. The van der Waals surface area contributed by atoms with E-state index in [9.17, 15) is 18.0 Å². The van der Waals surface area contributed by atoms with Crippen molar-refractivity contribution in [1.29, 1.82) is 0 Å². The summed E-state index contributed by atoms with van der Waals surface area (Å²) in [7, 11) is -4.06. The summed E-state index contributed by atoms with van der Waals surface area (Å²) < 4.78 is 29.5. The smallest absolute Gasteiger partial charge is 0.264 e. The number of sulfonamides is 1. The Bertz CT molecular complexity index is 1330. The van der Waals surface area contributed by atoms with Crippen LogP contribution in [0.3, 0.4) is 0 Å². The topological polar surface area (TPSA) is 86.8 Å². The second kappa shape index (κ2) is 13.2. The molecule has 7 nitrogen and oxygen atoms in total. The van der Waals surface area contributed by atoms with E-state index in [1.54, 1.807) is 49.4 Å². The van der Waals surface area contributed by atoms with Crippen molar-refractivity contribution in [2.75, 3.05) is 10.8 Å². The number of nitrogens with zero attached hydrogens (tertiary/aromatic N) is 2. The van der Waals surface area contributed by atoms with Crippen molar-refractivity contribution in [3.63, 3.8) is 0 Å². The van der Waals surface area contributed by atoms with Gasteiger partial charge in [0.15, 0.2) is 0 Å². The van der Waals surface area contributed by atoms with E-state index in [1.807, 2.05) is 45.0 Å². The molecule has 0 aromatic heterocycles. The van der Waals surface area contributed by atoms with Crippen LogP contribution in [0.15, 0.2) is 83.8 Å². The first-order valence-electron chi connectivity index (χ1n) is 12.5. The monoisotopic (exact) mass is 647 g/mol. The van der Waals surface area contributed by atoms with Gasteiger partial charge in [-0.2, -0.15) is 0 Å². The largest absolute Gasteiger partial charge is 0.352 e. The van der Waals surface area contributed by atoms with E-state index in [1.165, 1.54) is 17.0 Å². The number of rotatable bonds is 11. The molecular weight excluding hydrogens is 613 g/mol. The molecule has 0 spiro atoms. The van der Waals surface area contributed by atoms with E-state index in [-0.39, 0.29) is 23.4 Å². The highest BCUT2D eigenvalue weighted by Crippen LogP contribution is 2.25. The summed E-state index contributed by atoms with van der Waals surface area (Å²) in [5.74, 6) is -0.762. The molecule has 0 fully saturated rings. The van der Waals surface area contributed by atoms with Gasteiger partial charge in [0.05, 0.1) is 10.6 Å². The number of nitrogens with one attached hydrogen (secondary N) is 1. The van der Waals surface area contributed by atoms with Crippen molar-refractivity contribution in [3.8, 4) is 0 Å². The maximum atomic E-state index is 13.9. The van der Waals surface area contributed by atoms with Crippen molar-refractivity contribution < 1.29 is 18.0 Å². The Morgan fingerprint density at radius 2 is 1.53 bits per heavy atom. The van der Waals surface area contributed by atoms with Gasteiger partial charge < -0.3 is 10.2 Å². The third-order valence-corrected chi connectivity index (χ3v) is 8.87. The first-order valence-corrected chi connectivity index (χ1v) is 15.0. The number of amides is 2. The van der Waals surface area contributed by atoms with Gasteiger partial charge >= 0.3 is 0 Å². The lowest BCUT2D eigenvalue weighted by atomic mass is 10.1. The summed E-state index contributed by atoms with van der Waals surface area (Å²) in [6.07, 6.45) is 0.750. The van der Waals surface area contributed by atoms with Gasteiger partial charge in [-0.25, -0.2) is 8.42 Å². The van der Waals surface area contributed by atoms with Crippen molar-refractivity contribution >= 4 is 50.1 Å². The van der Waals surface area contributed by atoms with Crippen LogP contribution >= 0.6 is 22.6 Å². The van der Waals surface area contributed by atoms with Crippen molar-refractivity contribution in [1.82, 2.24) is 10.2 Å². The lowest BCUT2D eigenvalue weighted by molar-refractivity contribution is -0.139. The van der Waals surface area contributed by atoms with Crippen LogP contribution in [-0.4, -0.2) is 43.8 Å². The van der Waals surface area contributed by atoms with E-state index in [0.717, 1.165) is 25.4 Å². The van der Waals surface area contributed by atoms with Gasteiger partial charge in [-0.15, -0.1) is 0 Å². The molecule has 0 aliphatic heterocycles. The molecule has 0 heterocycles. The Morgan fingerprint density at radius 3 is 2.11 bits per heavy atom. The highest BCUT2D eigenvalue weighted by molar-refractivity contribution is 14.1. The fourth-order valence-electron chi connectivity index (χ4n) is 3.79. The van der Waals surface area contributed by atoms with E-state index < -0.39 is 28.5 Å². The Hall–Kier alpha value is -2.92. The quantitative estimate of drug-likeness (QED) is 0.293. The SMILES string of the molecule is CC[C@H](C)NC(=O)[C@H](C)N(Cc1ccc(C)cc1)C(=O)CN(c1ccc(I)cc1)S(=O)(=O)c1ccccc1. The normalized spacial score (nSPS) is 12.9. The number of hydrogen-bond donors (Lipinski definition) is 1. The number of carbonyl (C=O) groups excluding carboxylic acids is 2. The average Bonchev–Trinajstić information content (AvgIpc) is 2.91. The fraction of sp³-hybridized carbons (Fsp3) is 0.310. The van der Waals surface area contributed by atoms with E-state index in [0.29, 0.717) is 5.69 Å². The second-order valence-corrected chi connectivity index (χ2v) is 12.4. The molecular formula is C29H34IN3O4S. The maximum Gasteiger partial charge on any atom is 0.264 e. The summed E-state index contributed by atoms with van der Waals surface area (Å²) in [4.78, 5) is 28.5. The summed E-state index contributed by atoms with van der Waals surface area (Å²) in [6.45, 7) is 7.23. The van der Waals surface area contributed by atoms with Gasteiger partial charge in [0, 0.05) is 16.2 Å². The van der Waals surface area contributed by atoms with E-state index >= 15 is 0 Å². The van der Waals surface area contributed by atoms with Crippen LogP contribution in [0, 0.1) is 10.5 Å². The number of anilines is 1. The van der Waals surface area contributed by atoms with Gasteiger partial charge in [0.1, 0.15) is 12.6 Å². The molecule has 3 aromatic rings.